The average molecular weight is 196 g/mol. The van der Waals surface area contributed by atoms with Gasteiger partial charge in [-0.1, -0.05) is 19.9 Å². The lowest BCUT2D eigenvalue weighted by Crippen LogP contribution is -2.45. The highest BCUT2D eigenvalue weighted by Crippen LogP contribution is 2.26. The predicted molar refractivity (Wildman–Crippen MR) is 62.5 cm³/mol. The number of nitrogens with one attached hydrogen (secondary N) is 1. The molecule has 0 radical (unpaired) electrons. The van der Waals surface area contributed by atoms with Crippen molar-refractivity contribution in [2.45, 2.75) is 26.7 Å². The summed E-state index contributed by atoms with van der Waals surface area (Å²) in [6, 6.07) is 0. The normalized spacial score (nSPS) is 27.9. The molecule has 1 rings (SSSR count). The molecule has 1 aliphatic heterocycles. The molecule has 14 heavy (non-hydrogen) atoms. The van der Waals surface area contributed by atoms with Crippen LogP contribution in [0.25, 0.3) is 0 Å². The summed E-state index contributed by atoms with van der Waals surface area (Å²) in [5, 5.41) is 3.49. The smallest absolute Gasteiger partial charge is 0.0160 e. The third-order valence-corrected chi connectivity index (χ3v) is 3.13. The molecule has 1 saturated heterocycles. The molecule has 0 aromatic heterocycles. The summed E-state index contributed by atoms with van der Waals surface area (Å²) in [4.78, 5) is 2.47. The molecule has 1 unspecified atom stereocenters. The molecule has 0 spiro atoms. The maximum absolute atomic E-state index is 3.81. The van der Waals surface area contributed by atoms with Gasteiger partial charge < -0.3 is 5.32 Å². The summed E-state index contributed by atoms with van der Waals surface area (Å²) < 4.78 is 0. The van der Waals surface area contributed by atoms with Crippen LogP contribution in [0.15, 0.2) is 12.7 Å². The summed E-state index contributed by atoms with van der Waals surface area (Å²) in [5.41, 5.74) is 0.470. The molecule has 2 nitrogen and oxygen atoms in total. The van der Waals surface area contributed by atoms with Crippen molar-refractivity contribution in [3.8, 4) is 0 Å². The van der Waals surface area contributed by atoms with Crippen molar-refractivity contribution in [1.82, 2.24) is 10.2 Å². The summed E-state index contributed by atoms with van der Waals surface area (Å²) in [5.74, 6) is 0. The SMILES string of the molecule is C=CCN(CC)CC1(C)CCCNC1. The van der Waals surface area contributed by atoms with Gasteiger partial charge in [0.05, 0.1) is 0 Å². The van der Waals surface area contributed by atoms with Crippen LogP contribution in [0.4, 0.5) is 0 Å². The first-order chi connectivity index (χ1) is 6.70. The highest BCUT2D eigenvalue weighted by molar-refractivity contribution is 4.86. The molecule has 1 atom stereocenters. The van der Waals surface area contributed by atoms with Crippen molar-refractivity contribution in [2.24, 2.45) is 5.41 Å². The van der Waals surface area contributed by atoms with E-state index in [9.17, 15) is 0 Å². The van der Waals surface area contributed by atoms with Crippen molar-refractivity contribution in [3.05, 3.63) is 12.7 Å². The van der Waals surface area contributed by atoms with E-state index in [0.29, 0.717) is 5.41 Å². The minimum absolute atomic E-state index is 0.470. The van der Waals surface area contributed by atoms with Crippen molar-refractivity contribution in [3.63, 3.8) is 0 Å². The number of hydrogen-bond acceptors (Lipinski definition) is 2. The first kappa shape index (κ1) is 11.7. The Bertz CT molecular complexity index is 171. The van der Waals surface area contributed by atoms with Crippen molar-refractivity contribution >= 4 is 0 Å². The predicted octanol–water partition coefficient (Wildman–Crippen LogP) is 1.88. The van der Waals surface area contributed by atoms with Crippen LogP contribution in [0.3, 0.4) is 0 Å². The zero-order valence-electron chi connectivity index (χ0n) is 9.68. The van der Waals surface area contributed by atoms with Crippen molar-refractivity contribution in [2.75, 3.05) is 32.7 Å². The molecule has 82 valence electrons. The minimum atomic E-state index is 0.470. The second kappa shape index (κ2) is 5.52. The maximum Gasteiger partial charge on any atom is 0.0160 e. The molecule has 2 heteroatoms. The quantitative estimate of drug-likeness (QED) is 0.675. The van der Waals surface area contributed by atoms with E-state index >= 15 is 0 Å². The highest BCUT2D eigenvalue weighted by Gasteiger charge is 2.28. The molecule has 0 saturated carbocycles. The van der Waals surface area contributed by atoms with E-state index in [1.165, 1.54) is 32.5 Å². The monoisotopic (exact) mass is 196 g/mol. The average Bonchev–Trinajstić information content (AvgIpc) is 2.18. The first-order valence-corrected chi connectivity index (χ1v) is 5.74. The Balaban J connectivity index is 2.41. The molecule has 1 N–H and O–H groups in total. The van der Waals surface area contributed by atoms with Crippen LogP contribution in [-0.2, 0) is 0 Å². The fourth-order valence-corrected chi connectivity index (χ4v) is 2.28. The van der Waals surface area contributed by atoms with Crippen LogP contribution < -0.4 is 5.32 Å². The van der Waals surface area contributed by atoms with E-state index in [0.717, 1.165) is 13.1 Å². The molecule has 1 fully saturated rings. The van der Waals surface area contributed by atoms with Gasteiger partial charge in [0, 0.05) is 19.6 Å². The summed E-state index contributed by atoms with van der Waals surface area (Å²) in [6.07, 6.45) is 4.68. The molecule has 0 aromatic rings. The third-order valence-electron chi connectivity index (χ3n) is 3.13. The summed E-state index contributed by atoms with van der Waals surface area (Å²) in [6.45, 7) is 14.1. The zero-order chi connectivity index (χ0) is 10.4. The van der Waals surface area contributed by atoms with E-state index in [1.807, 2.05) is 6.08 Å². The largest absolute Gasteiger partial charge is 0.316 e. The molecule has 1 heterocycles. The number of hydrogen-bond donors (Lipinski definition) is 1. The van der Waals surface area contributed by atoms with Gasteiger partial charge in [0.2, 0.25) is 0 Å². The van der Waals surface area contributed by atoms with Crippen molar-refractivity contribution in [1.29, 1.82) is 0 Å². The molecule has 1 aliphatic rings. The van der Waals surface area contributed by atoms with Gasteiger partial charge in [0.15, 0.2) is 0 Å². The van der Waals surface area contributed by atoms with Crippen LogP contribution >= 0.6 is 0 Å². The number of likely N-dealkylation sites (N-methyl/N-ethyl adjacent to an activating group) is 1. The standard InChI is InChI=1S/C12H24N2/c1-4-9-14(5-2)11-12(3)7-6-8-13-10-12/h4,13H,1,5-11H2,2-3H3. The first-order valence-electron chi connectivity index (χ1n) is 5.74. The molecular formula is C12H24N2. The van der Waals surface area contributed by atoms with Gasteiger partial charge in [0.1, 0.15) is 0 Å². The summed E-state index contributed by atoms with van der Waals surface area (Å²) >= 11 is 0. The highest BCUT2D eigenvalue weighted by atomic mass is 15.1. The number of piperidine rings is 1. The lowest BCUT2D eigenvalue weighted by molar-refractivity contribution is 0.146. The Hall–Kier alpha value is -0.340. The zero-order valence-corrected chi connectivity index (χ0v) is 9.68. The van der Waals surface area contributed by atoms with Gasteiger partial charge in [-0.25, -0.2) is 0 Å². The van der Waals surface area contributed by atoms with Gasteiger partial charge in [0.25, 0.3) is 0 Å². The van der Waals surface area contributed by atoms with Crippen LogP contribution in [0.2, 0.25) is 0 Å². The summed E-state index contributed by atoms with van der Waals surface area (Å²) in [7, 11) is 0. The fourth-order valence-electron chi connectivity index (χ4n) is 2.28. The number of nitrogens with zero attached hydrogens (tertiary/aromatic N) is 1. The Morgan fingerprint density at radius 3 is 2.86 bits per heavy atom. The van der Waals surface area contributed by atoms with E-state index in [1.54, 1.807) is 0 Å². The fraction of sp³-hybridized carbons (Fsp3) is 0.833. The molecule has 0 aliphatic carbocycles. The van der Waals surface area contributed by atoms with E-state index in [-0.39, 0.29) is 0 Å². The molecule has 0 aromatic carbocycles. The lowest BCUT2D eigenvalue weighted by atomic mass is 9.82. The third kappa shape index (κ3) is 3.43. The lowest BCUT2D eigenvalue weighted by Gasteiger charge is -2.38. The van der Waals surface area contributed by atoms with Crippen LogP contribution in [0.5, 0.6) is 0 Å². The molecule has 0 bridgehead atoms. The Kier molecular flexibility index (Phi) is 4.63. The van der Waals surface area contributed by atoms with Crippen molar-refractivity contribution < 1.29 is 0 Å². The second-order valence-electron chi connectivity index (χ2n) is 4.71. The Labute approximate surface area is 88.4 Å². The van der Waals surface area contributed by atoms with E-state index in [4.69, 9.17) is 0 Å². The number of rotatable bonds is 5. The molecule has 0 amide bonds. The Morgan fingerprint density at radius 1 is 1.57 bits per heavy atom. The van der Waals surface area contributed by atoms with Gasteiger partial charge in [-0.2, -0.15) is 0 Å². The van der Waals surface area contributed by atoms with Crippen LogP contribution in [-0.4, -0.2) is 37.6 Å². The van der Waals surface area contributed by atoms with Crippen LogP contribution in [0.1, 0.15) is 26.7 Å². The van der Waals surface area contributed by atoms with Gasteiger partial charge in [-0.3, -0.25) is 4.90 Å². The van der Waals surface area contributed by atoms with Gasteiger partial charge in [-0.05, 0) is 31.3 Å². The van der Waals surface area contributed by atoms with E-state index in [2.05, 4.69) is 30.6 Å². The Morgan fingerprint density at radius 2 is 2.36 bits per heavy atom. The van der Waals surface area contributed by atoms with Gasteiger partial charge in [-0.15, -0.1) is 6.58 Å². The molecular weight excluding hydrogens is 172 g/mol. The second-order valence-corrected chi connectivity index (χ2v) is 4.71. The van der Waals surface area contributed by atoms with E-state index < -0.39 is 0 Å². The topological polar surface area (TPSA) is 15.3 Å². The van der Waals surface area contributed by atoms with Crippen LogP contribution in [0, 0.1) is 5.41 Å². The van der Waals surface area contributed by atoms with Gasteiger partial charge >= 0.3 is 0 Å². The maximum atomic E-state index is 3.81. The minimum Gasteiger partial charge on any atom is -0.316 e.